The highest BCUT2D eigenvalue weighted by Gasteiger charge is 2.35. The summed E-state index contributed by atoms with van der Waals surface area (Å²) in [5.41, 5.74) is 0.883. The van der Waals surface area contributed by atoms with Crippen molar-refractivity contribution in [3.63, 3.8) is 0 Å². The maximum atomic E-state index is 11.4. The number of alkyl halides is 1. The number of nitro benzene ring substituents is 1. The van der Waals surface area contributed by atoms with Gasteiger partial charge < -0.3 is 19.6 Å². The van der Waals surface area contributed by atoms with E-state index in [9.17, 15) is 24.5 Å². The van der Waals surface area contributed by atoms with Crippen molar-refractivity contribution in [2.45, 2.75) is 37.5 Å². The zero-order valence-corrected chi connectivity index (χ0v) is 19.0. The molecule has 0 radical (unpaired) electrons. The molecule has 3 N–H and O–H groups in total. The van der Waals surface area contributed by atoms with E-state index in [1.54, 1.807) is 6.07 Å². The van der Waals surface area contributed by atoms with Gasteiger partial charge in [-0.1, -0.05) is 12.1 Å². The summed E-state index contributed by atoms with van der Waals surface area (Å²) in [5.74, 6) is 0.710. The van der Waals surface area contributed by atoms with E-state index in [1.807, 2.05) is 12.1 Å². The van der Waals surface area contributed by atoms with Crippen LogP contribution < -0.4 is 10.0 Å². The lowest BCUT2D eigenvalue weighted by molar-refractivity contribution is -0.385. The highest BCUT2D eigenvalue weighted by Crippen LogP contribution is 2.40. The number of pyridine rings is 1. The van der Waals surface area contributed by atoms with Gasteiger partial charge in [-0.05, 0) is 43.7 Å². The van der Waals surface area contributed by atoms with Crippen LogP contribution in [0.4, 0.5) is 5.69 Å². The Hall–Kier alpha value is -2.03. The first kappa shape index (κ1) is 24.6. The molecule has 1 aliphatic rings. The molecule has 0 aliphatic heterocycles. The lowest BCUT2D eigenvalue weighted by Crippen LogP contribution is -2.24. The number of aliphatic hydroxyl groups is 1. The van der Waals surface area contributed by atoms with Crippen LogP contribution in [-0.4, -0.2) is 43.4 Å². The molecule has 1 fully saturated rings. The smallest absolute Gasteiger partial charge is 0.356 e. The standard InChI is InChI=1S/C21H26ClN2O7P/c22-19-9-7-14(18(19)13-31-21-3-1-2-16(23-21)10-11-25)4-5-15-6-8-17(32(28,29)30)12-20(15)24(26)27/h1-3,6,8,12,14,18-19,25H,4-5,7,9-11,13H2,(H2,28,29,30)/t14-,18+,19?/m0/s1. The Morgan fingerprint density at radius 1 is 1.22 bits per heavy atom. The number of hydrogen-bond acceptors (Lipinski definition) is 6. The third-order valence-electron chi connectivity index (χ3n) is 5.84. The summed E-state index contributed by atoms with van der Waals surface area (Å²) in [6.07, 6.45) is 3.17. The van der Waals surface area contributed by atoms with E-state index in [0.717, 1.165) is 24.6 Å². The monoisotopic (exact) mass is 484 g/mol. The highest BCUT2D eigenvalue weighted by molar-refractivity contribution is 7.60. The van der Waals surface area contributed by atoms with Gasteiger partial charge in [-0.2, -0.15) is 0 Å². The van der Waals surface area contributed by atoms with Crippen molar-refractivity contribution in [1.82, 2.24) is 4.98 Å². The Kier molecular flexibility index (Phi) is 8.25. The molecule has 0 bridgehead atoms. The minimum absolute atomic E-state index is 0.00613. The largest absolute Gasteiger partial charge is 0.477 e. The number of ether oxygens (including phenoxy) is 1. The number of rotatable bonds is 10. The van der Waals surface area contributed by atoms with Crippen LogP contribution in [0.15, 0.2) is 36.4 Å². The zero-order valence-electron chi connectivity index (χ0n) is 17.3. The van der Waals surface area contributed by atoms with Crippen LogP contribution >= 0.6 is 19.2 Å². The predicted molar refractivity (Wildman–Crippen MR) is 119 cm³/mol. The Balaban J connectivity index is 1.66. The number of aliphatic hydroxyl groups excluding tert-OH is 1. The van der Waals surface area contributed by atoms with E-state index >= 15 is 0 Å². The number of aromatic nitrogens is 1. The molecular formula is C21H26ClN2O7P. The maximum Gasteiger partial charge on any atom is 0.356 e. The molecule has 1 aromatic carbocycles. The van der Waals surface area contributed by atoms with Crippen molar-refractivity contribution in [3.05, 3.63) is 57.8 Å². The van der Waals surface area contributed by atoms with Gasteiger partial charge in [0.15, 0.2) is 0 Å². The minimum Gasteiger partial charge on any atom is -0.477 e. The molecule has 1 saturated carbocycles. The molecule has 1 heterocycles. The van der Waals surface area contributed by atoms with Gasteiger partial charge in [0.05, 0.1) is 16.8 Å². The van der Waals surface area contributed by atoms with E-state index in [4.69, 9.17) is 21.4 Å². The van der Waals surface area contributed by atoms with Gasteiger partial charge in [-0.3, -0.25) is 14.7 Å². The van der Waals surface area contributed by atoms with E-state index < -0.39 is 12.5 Å². The molecule has 1 unspecified atom stereocenters. The van der Waals surface area contributed by atoms with E-state index in [1.165, 1.54) is 12.1 Å². The molecule has 3 rings (SSSR count). The molecule has 0 amide bonds. The van der Waals surface area contributed by atoms with Gasteiger partial charge in [0.1, 0.15) is 0 Å². The van der Waals surface area contributed by atoms with Crippen LogP contribution in [0, 0.1) is 22.0 Å². The summed E-state index contributed by atoms with van der Waals surface area (Å²) in [6, 6.07) is 9.00. The third kappa shape index (κ3) is 6.27. The molecule has 0 spiro atoms. The highest BCUT2D eigenvalue weighted by atomic mass is 35.5. The lowest BCUT2D eigenvalue weighted by Gasteiger charge is -2.22. The average molecular weight is 485 g/mol. The number of halogens is 1. The summed E-state index contributed by atoms with van der Waals surface area (Å²) < 4.78 is 17.3. The number of nitro groups is 1. The number of benzene rings is 1. The van der Waals surface area contributed by atoms with Crippen LogP contribution in [0.1, 0.15) is 30.5 Å². The van der Waals surface area contributed by atoms with Gasteiger partial charge in [0.25, 0.3) is 5.69 Å². The normalized spacial score (nSPS) is 20.9. The molecule has 0 saturated heterocycles. The summed E-state index contributed by atoms with van der Waals surface area (Å²) in [6.45, 7) is 0.375. The van der Waals surface area contributed by atoms with Crippen molar-refractivity contribution in [2.75, 3.05) is 13.2 Å². The SMILES string of the molecule is O=[N+]([O-])c1cc(P(=O)(O)O)ccc1CC[C@H]1CCC(Cl)[C@@H]1COc1cccc(CCO)n1. The van der Waals surface area contributed by atoms with Gasteiger partial charge in [-0.25, -0.2) is 4.98 Å². The van der Waals surface area contributed by atoms with Crippen molar-refractivity contribution in [2.24, 2.45) is 11.8 Å². The molecule has 2 aromatic rings. The predicted octanol–water partition coefficient (Wildman–Crippen LogP) is 2.97. The minimum atomic E-state index is -4.57. The fourth-order valence-electron chi connectivity index (χ4n) is 4.12. The van der Waals surface area contributed by atoms with Gasteiger partial charge >= 0.3 is 7.60 Å². The van der Waals surface area contributed by atoms with Crippen LogP contribution in [0.3, 0.4) is 0 Å². The summed E-state index contributed by atoms with van der Waals surface area (Å²) in [5, 5.41) is 20.1. The van der Waals surface area contributed by atoms with Gasteiger partial charge in [0.2, 0.25) is 5.88 Å². The van der Waals surface area contributed by atoms with E-state index in [2.05, 4.69) is 4.98 Å². The first-order valence-electron chi connectivity index (χ1n) is 10.4. The van der Waals surface area contributed by atoms with Crippen molar-refractivity contribution in [3.8, 4) is 5.88 Å². The van der Waals surface area contributed by atoms with Crippen molar-refractivity contribution >= 4 is 30.2 Å². The Bertz CT molecular complexity index is 1000. The van der Waals surface area contributed by atoms with Gasteiger partial charge in [0, 0.05) is 47.7 Å². The fourth-order valence-corrected chi connectivity index (χ4v) is 5.09. The number of aryl methyl sites for hydroxylation is 1. The number of nitrogens with zero attached hydrogens (tertiary/aromatic N) is 2. The maximum absolute atomic E-state index is 11.4. The average Bonchev–Trinajstić information content (AvgIpc) is 3.09. The Morgan fingerprint density at radius 3 is 2.69 bits per heavy atom. The second-order valence-electron chi connectivity index (χ2n) is 7.92. The van der Waals surface area contributed by atoms with Gasteiger partial charge in [-0.15, -0.1) is 11.6 Å². The molecule has 1 aliphatic carbocycles. The van der Waals surface area contributed by atoms with E-state index in [-0.39, 0.29) is 34.8 Å². The van der Waals surface area contributed by atoms with Crippen molar-refractivity contribution < 1.29 is 29.1 Å². The quantitative estimate of drug-likeness (QED) is 0.202. The second-order valence-corrected chi connectivity index (χ2v) is 10.1. The Morgan fingerprint density at radius 2 is 2.00 bits per heavy atom. The molecule has 174 valence electrons. The van der Waals surface area contributed by atoms with Crippen molar-refractivity contribution in [1.29, 1.82) is 0 Å². The fraction of sp³-hybridized carbons (Fsp3) is 0.476. The lowest BCUT2D eigenvalue weighted by atomic mass is 9.90. The zero-order chi connectivity index (χ0) is 23.3. The number of hydrogen-bond donors (Lipinski definition) is 3. The van der Waals surface area contributed by atoms with Crippen LogP contribution in [-0.2, 0) is 17.4 Å². The first-order valence-corrected chi connectivity index (χ1v) is 12.4. The molecular weight excluding hydrogens is 459 g/mol. The molecule has 32 heavy (non-hydrogen) atoms. The molecule has 1 aromatic heterocycles. The molecule has 11 heteroatoms. The topological polar surface area (TPSA) is 143 Å². The van der Waals surface area contributed by atoms with Crippen LogP contribution in [0.25, 0.3) is 0 Å². The van der Waals surface area contributed by atoms with E-state index in [0.29, 0.717) is 37.3 Å². The first-order chi connectivity index (χ1) is 15.2. The van der Waals surface area contributed by atoms with Crippen LogP contribution in [0.5, 0.6) is 5.88 Å². The van der Waals surface area contributed by atoms with Crippen LogP contribution in [0.2, 0.25) is 0 Å². The Labute approximate surface area is 190 Å². The summed E-state index contributed by atoms with van der Waals surface area (Å²) >= 11 is 6.53. The summed E-state index contributed by atoms with van der Waals surface area (Å²) in [7, 11) is -4.57. The third-order valence-corrected chi connectivity index (χ3v) is 7.34. The molecule has 3 atom stereocenters. The second kappa shape index (κ2) is 10.7. The molecule has 9 nitrogen and oxygen atoms in total. The summed E-state index contributed by atoms with van der Waals surface area (Å²) in [4.78, 5) is 33.8.